The van der Waals surface area contributed by atoms with Crippen LogP contribution in [0.4, 0.5) is 0 Å². The third kappa shape index (κ3) is 0.726. The van der Waals surface area contributed by atoms with E-state index < -0.39 is 0 Å². The van der Waals surface area contributed by atoms with Crippen LogP contribution in [0.25, 0.3) is 0 Å². The van der Waals surface area contributed by atoms with Crippen molar-refractivity contribution in [1.29, 1.82) is 0 Å². The number of allylic oxidation sites excluding steroid dienone is 2. The zero-order valence-corrected chi connectivity index (χ0v) is 5.72. The number of hydrogen-bond donors (Lipinski definition) is 0. The van der Waals surface area contributed by atoms with E-state index in [9.17, 15) is 0 Å². The Morgan fingerprint density at radius 2 is 2.22 bits per heavy atom. The maximum absolute atomic E-state index is 3.95. The Labute approximate surface area is 57.0 Å². The van der Waals surface area contributed by atoms with Crippen LogP contribution in [-0.4, -0.2) is 0 Å². The minimum Gasteiger partial charge on any atom is -0.0851 e. The lowest BCUT2D eigenvalue weighted by Crippen LogP contribution is -2.04. The van der Waals surface area contributed by atoms with E-state index in [-0.39, 0.29) is 0 Å². The molecule has 0 aromatic rings. The van der Waals surface area contributed by atoms with Crippen molar-refractivity contribution in [1.82, 2.24) is 0 Å². The Balaban J connectivity index is 2.10. The summed E-state index contributed by atoms with van der Waals surface area (Å²) in [4.78, 5) is 0. The molecule has 2 aliphatic carbocycles. The van der Waals surface area contributed by atoms with Crippen molar-refractivity contribution in [3.63, 3.8) is 0 Å². The highest BCUT2D eigenvalue weighted by atomic mass is 14.4. The first-order valence-electron chi connectivity index (χ1n) is 3.87. The van der Waals surface area contributed by atoms with Crippen LogP contribution in [0.3, 0.4) is 0 Å². The van der Waals surface area contributed by atoms with Gasteiger partial charge in [-0.1, -0.05) is 19.1 Å². The fourth-order valence-electron chi connectivity index (χ4n) is 2.23. The van der Waals surface area contributed by atoms with Crippen LogP contribution >= 0.6 is 0 Å². The van der Waals surface area contributed by atoms with Gasteiger partial charge in [-0.05, 0) is 37.0 Å². The summed E-state index contributed by atoms with van der Waals surface area (Å²) < 4.78 is 0. The van der Waals surface area contributed by atoms with Gasteiger partial charge < -0.3 is 0 Å². The van der Waals surface area contributed by atoms with Crippen LogP contribution in [0.5, 0.6) is 0 Å². The predicted molar refractivity (Wildman–Crippen MR) is 38.8 cm³/mol. The van der Waals surface area contributed by atoms with Crippen LogP contribution < -0.4 is 0 Å². The lowest BCUT2D eigenvalue weighted by atomic mass is 9.91. The molecule has 1 radical (unpaired) electrons. The van der Waals surface area contributed by atoms with Crippen molar-refractivity contribution in [2.75, 3.05) is 0 Å². The first-order chi connectivity index (χ1) is 4.40. The topological polar surface area (TPSA) is 0 Å². The highest BCUT2D eigenvalue weighted by Crippen LogP contribution is 2.44. The molecule has 0 heteroatoms. The van der Waals surface area contributed by atoms with Crippen LogP contribution in [0.15, 0.2) is 12.2 Å². The minimum absolute atomic E-state index is 0.910. The molecule has 0 spiro atoms. The third-order valence-corrected chi connectivity index (χ3v) is 2.79. The summed E-state index contributed by atoms with van der Waals surface area (Å²) in [5.74, 6) is 2.77. The SMILES string of the molecule is [CH2]CC1CC2C=CC1C2. The van der Waals surface area contributed by atoms with Gasteiger partial charge in [-0.25, -0.2) is 0 Å². The van der Waals surface area contributed by atoms with Gasteiger partial charge in [-0.3, -0.25) is 0 Å². The van der Waals surface area contributed by atoms with Gasteiger partial charge in [0.25, 0.3) is 0 Å². The molecule has 1 fully saturated rings. The molecular weight excluding hydrogens is 108 g/mol. The largest absolute Gasteiger partial charge is 0.0851 e. The summed E-state index contributed by atoms with van der Waals surface area (Å²) in [6.07, 6.45) is 8.78. The van der Waals surface area contributed by atoms with Crippen LogP contribution in [0.2, 0.25) is 0 Å². The van der Waals surface area contributed by atoms with Gasteiger partial charge in [0.15, 0.2) is 0 Å². The van der Waals surface area contributed by atoms with Gasteiger partial charge in [0.05, 0.1) is 0 Å². The summed E-state index contributed by atoms with van der Waals surface area (Å²) in [5.41, 5.74) is 0. The fourth-order valence-corrected chi connectivity index (χ4v) is 2.23. The second-order valence-corrected chi connectivity index (χ2v) is 3.33. The van der Waals surface area contributed by atoms with Crippen LogP contribution in [0.1, 0.15) is 19.3 Å². The molecule has 2 bridgehead atoms. The average molecular weight is 121 g/mol. The van der Waals surface area contributed by atoms with E-state index in [1.807, 2.05) is 0 Å². The summed E-state index contributed by atoms with van der Waals surface area (Å²) in [5, 5.41) is 0. The number of hydrogen-bond acceptors (Lipinski definition) is 0. The second kappa shape index (κ2) is 1.86. The summed E-state index contributed by atoms with van der Waals surface area (Å²) in [7, 11) is 0. The highest BCUT2D eigenvalue weighted by Gasteiger charge is 2.33. The second-order valence-electron chi connectivity index (χ2n) is 3.33. The zero-order valence-electron chi connectivity index (χ0n) is 5.72. The van der Waals surface area contributed by atoms with Gasteiger partial charge in [0, 0.05) is 0 Å². The standard InChI is InChI=1S/C9H13/c1-2-8-5-7-3-4-9(8)6-7/h3-4,7-9H,1-2,5-6H2. The molecule has 0 aromatic carbocycles. The van der Waals surface area contributed by atoms with E-state index in [1.165, 1.54) is 12.8 Å². The van der Waals surface area contributed by atoms with E-state index in [1.54, 1.807) is 0 Å². The first kappa shape index (κ1) is 5.52. The van der Waals surface area contributed by atoms with Crippen molar-refractivity contribution in [3.05, 3.63) is 19.1 Å². The molecule has 0 heterocycles. The van der Waals surface area contributed by atoms with Gasteiger partial charge in [0.1, 0.15) is 0 Å². The summed E-state index contributed by atoms with van der Waals surface area (Å²) in [6, 6.07) is 0. The van der Waals surface area contributed by atoms with Crippen molar-refractivity contribution >= 4 is 0 Å². The molecule has 1 saturated carbocycles. The summed E-state index contributed by atoms with van der Waals surface area (Å²) >= 11 is 0. The van der Waals surface area contributed by atoms with Crippen molar-refractivity contribution in [2.24, 2.45) is 17.8 Å². The lowest BCUT2D eigenvalue weighted by molar-refractivity contribution is 0.452. The molecule has 3 atom stereocenters. The Kier molecular flexibility index (Phi) is 1.14. The Hall–Kier alpha value is -0.260. The quantitative estimate of drug-likeness (QED) is 0.467. The average Bonchev–Trinajstić information content (AvgIpc) is 2.45. The molecule has 9 heavy (non-hydrogen) atoms. The van der Waals surface area contributed by atoms with Crippen molar-refractivity contribution in [3.8, 4) is 0 Å². The normalized spacial score (nSPS) is 46.6. The molecule has 0 amide bonds. The third-order valence-electron chi connectivity index (χ3n) is 2.79. The van der Waals surface area contributed by atoms with Crippen LogP contribution in [-0.2, 0) is 0 Å². The number of rotatable bonds is 1. The maximum atomic E-state index is 3.95. The van der Waals surface area contributed by atoms with Gasteiger partial charge >= 0.3 is 0 Å². The molecular formula is C9H13. The fraction of sp³-hybridized carbons (Fsp3) is 0.667. The Morgan fingerprint density at radius 1 is 1.33 bits per heavy atom. The molecule has 0 saturated heterocycles. The van der Waals surface area contributed by atoms with Gasteiger partial charge in [-0.15, -0.1) is 0 Å². The predicted octanol–water partition coefficient (Wildman–Crippen LogP) is 2.42. The van der Waals surface area contributed by atoms with E-state index in [0.29, 0.717) is 0 Å². The molecule has 2 rings (SSSR count). The Morgan fingerprint density at radius 3 is 2.56 bits per heavy atom. The maximum Gasteiger partial charge on any atom is -0.0199 e. The minimum atomic E-state index is 0.910. The smallest absolute Gasteiger partial charge is 0.0199 e. The molecule has 0 N–H and O–H groups in total. The zero-order chi connectivity index (χ0) is 6.27. The molecule has 0 aromatic heterocycles. The van der Waals surface area contributed by atoms with E-state index in [0.717, 1.165) is 24.2 Å². The molecule has 0 nitrogen and oxygen atoms in total. The van der Waals surface area contributed by atoms with Gasteiger partial charge in [-0.2, -0.15) is 0 Å². The first-order valence-corrected chi connectivity index (χ1v) is 3.87. The lowest BCUT2D eigenvalue weighted by Gasteiger charge is -2.14. The highest BCUT2D eigenvalue weighted by molar-refractivity contribution is 5.09. The monoisotopic (exact) mass is 121 g/mol. The number of fused-ring (bicyclic) bond motifs is 2. The summed E-state index contributed by atoms with van der Waals surface area (Å²) in [6.45, 7) is 3.95. The van der Waals surface area contributed by atoms with Crippen LogP contribution in [0, 0.1) is 24.7 Å². The van der Waals surface area contributed by atoms with Crippen molar-refractivity contribution in [2.45, 2.75) is 19.3 Å². The molecule has 0 aliphatic heterocycles. The molecule has 3 unspecified atom stereocenters. The van der Waals surface area contributed by atoms with E-state index >= 15 is 0 Å². The van der Waals surface area contributed by atoms with Crippen molar-refractivity contribution < 1.29 is 0 Å². The van der Waals surface area contributed by atoms with E-state index in [2.05, 4.69) is 19.1 Å². The Bertz CT molecular complexity index is 135. The van der Waals surface area contributed by atoms with Gasteiger partial charge in [0.2, 0.25) is 0 Å². The van der Waals surface area contributed by atoms with E-state index in [4.69, 9.17) is 0 Å². The molecule has 2 aliphatic rings. The molecule has 49 valence electrons.